The Bertz CT molecular complexity index is 542. The van der Waals surface area contributed by atoms with Crippen molar-refractivity contribution in [3.05, 3.63) is 11.6 Å². The number of halogens is 1. The third-order valence-electron chi connectivity index (χ3n) is 7.89. The summed E-state index contributed by atoms with van der Waals surface area (Å²) in [7, 11) is 0. The summed E-state index contributed by atoms with van der Waals surface area (Å²) in [5, 5.41) is 10.4. The number of rotatable bonds is 0. The van der Waals surface area contributed by atoms with E-state index in [-0.39, 0.29) is 22.7 Å². The lowest BCUT2D eigenvalue weighted by molar-refractivity contribution is -0.119. The maximum atomic E-state index is 14.9. The van der Waals surface area contributed by atoms with E-state index in [2.05, 4.69) is 13.8 Å². The van der Waals surface area contributed by atoms with Crippen molar-refractivity contribution in [3.63, 3.8) is 0 Å². The number of hydrogen-bond acceptors (Lipinski definition) is 2. The minimum absolute atomic E-state index is 0.0110. The summed E-state index contributed by atoms with van der Waals surface area (Å²) >= 11 is 0. The molecular weight excluding hydrogens is 279 g/mol. The molecule has 3 saturated carbocycles. The van der Waals surface area contributed by atoms with E-state index in [0.29, 0.717) is 30.6 Å². The second-order valence-corrected chi connectivity index (χ2v) is 8.70. The fourth-order valence-electron chi connectivity index (χ4n) is 6.53. The largest absolute Gasteiger partial charge is 0.393 e. The van der Waals surface area contributed by atoms with Crippen molar-refractivity contribution in [2.75, 3.05) is 0 Å². The zero-order valence-corrected chi connectivity index (χ0v) is 13.6. The van der Waals surface area contributed by atoms with Gasteiger partial charge in [-0.15, -0.1) is 0 Å². The van der Waals surface area contributed by atoms with Gasteiger partial charge in [-0.1, -0.05) is 13.8 Å². The summed E-state index contributed by atoms with van der Waals surface area (Å²) in [6, 6.07) is 0. The SMILES string of the molecule is C[C@]12CCC(=O)C=C1C(F)C[C@@H]1[C@H]2CC[C@]2(C)C(O)CC[C@@H]12. The van der Waals surface area contributed by atoms with Gasteiger partial charge < -0.3 is 5.11 Å². The van der Waals surface area contributed by atoms with Crippen molar-refractivity contribution in [3.8, 4) is 0 Å². The minimum Gasteiger partial charge on any atom is -0.393 e. The molecule has 0 saturated heterocycles. The second kappa shape index (κ2) is 4.66. The third kappa shape index (κ3) is 1.78. The molecule has 3 fully saturated rings. The molecule has 3 heteroatoms. The maximum absolute atomic E-state index is 14.9. The predicted molar refractivity (Wildman–Crippen MR) is 83.0 cm³/mol. The van der Waals surface area contributed by atoms with Gasteiger partial charge in [-0.25, -0.2) is 4.39 Å². The average Bonchev–Trinajstić information content (AvgIpc) is 2.77. The Morgan fingerprint density at radius 1 is 1.18 bits per heavy atom. The van der Waals surface area contributed by atoms with Gasteiger partial charge in [0.25, 0.3) is 0 Å². The number of carbonyl (C=O) groups excluding carboxylic acids is 1. The van der Waals surface area contributed by atoms with Crippen LogP contribution in [0.5, 0.6) is 0 Å². The molecule has 0 heterocycles. The van der Waals surface area contributed by atoms with Crippen molar-refractivity contribution in [1.82, 2.24) is 0 Å². The van der Waals surface area contributed by atoms with Crippen molar-refractivity contribution in [2.45, 2.75) is 71.1 Å². The Morgan fingerprint density at radius 3 is 2.73 bits per heavy atom. The molecule has 4 aliphatic carbocycles. The maximum Gasteiger partial charge on any atom is 0.155 e. The van der Waals surface area contributed by atoms with E-state index in [1.807, 2.05) is 0 Å². The van der Waals surface area contributed by atoms with Crippen LogP contribution in [0.3, 0.4) is 0 Å². The molecule has 2 nitrogen and oxygen atoms in total. The first-order valence-electron chi connectivity index (χ1n) is 8.93. The van der Waals surface area contributed by atoms with Gasteiger partial charge in [0.1, 0.15) is 6.17 Å². The fraction of sp³-hybridized carbons (Fsp3) is 0.842. The predicted octanol–water partition coefficient (Wildman–Crippen LogP) is 3.83. The normalized spacial score (nSPS) is 54.3. The van der Waals surface area contributed by atoms with E-state index in [1.54, 1.807) is 6.08 Å². The van der Waals surface area contributed by atoms with Crippen molar-refractivity contribution >= 4 is 5.78 Å². The molecule has 0 radical (unpaired) electrons. The van der Waals surface area contributed by atoms with E-state index < -0.39 is 6.17 Å². The molecule has 0 aromatic heterocycles. The number of alkyl halides is 1. The van der Waals surface area contributed by atoms with Crippen LogP contribution in [0.25, 0.3) is 0 Å². The molecule has 0 aliphatic heterocycles. The molecule has 0 aromatic rings. The van der Waals surface area contributed by atoms with Crippen LogP contribution < -0.4 is 0 Å². The van der Waals surface area contributed by atoms with E-state index in [4.69, 9.17) is 0 Å². The molecule has 22 heavy (non-hydrogen) atoms. The lowest BCUT2D eigenvalue weighted by Gasteiger charge is -2.58. The Balaban J connectivity index is 1.73. The Morgan fingerprint density at radius 2 is 1.95 bits per heavy atom. The zero-order chi connectivity index (χ0) is 15.7. The fourth-order valence-corrected chi connectivity index (χ4v) is 6.53. The topological polar surface area (TPSA) is 37.3 Å². The highest BCUT2D eigenvalue weighted by atomic mass is 19.1. The molecule has 2 unspecified atom stereocenters. The van der Waals surface area contributed by atoms with Crippen LogP contribution in [-0.4, -0.2) is 23.2 Å². The quantitative estimate of drug-likeness (QED) is 0.738. The summed E-state index contributed by atoms with van der Waals surface area (Å²) in [6.45, 7) is 4.42. The van der Waals surface area contributed by atoms with E-state index in [0.717, 1.165) is 37.7 Å². The zero-order valence-electron chi connectivity index (χ0n) is 13.6. The second-order valence-electron chi connectivity index (χ2n) is 8.70. The molecule has 0 bridgehead atoms. The lowest BCUT2D eigenvalue weighted by Crippen LogP contribution is -2.53. The van der Waals surface area contributed by atoms with Crippen molar-refractivity contribution < 1.29 is 14.3 Å². The van der Waals surface area contributed by atoms with Crippen LogP contribution in [-0.2, 0) is 4.79 Å². The molecule has 0 amide bonds. The Labute approximate surface area is 132 Å². The minimum atomic E-state index is -0.962. The number of allylic oxidation sites excluding steroid dienone is 1. The highest BCUT2D eigenvalue weighted by Crippen LogP contribution is 2.65. The van der Waals surface area contributed by atoms with Crippen LogP contribution >= 0.6 is 0 Å². The van der Waals surface area contributed by atoms with E-state index in [9.17, 15) is 14.3 Å². The summed E-state index contributed by atoms with van der Waals surface area (Å²) in [5.74, 6) is 1.42. The number of aliphatic hydroxyl groups excluding tert-OH is 1. The van der Waals surface area contributed by atoms with Crippen LogP contribution in [0.2, 0.25) is 0 Å². The number of fused-ring (bicyclic) bond motifs is 5. The lowest BCUT2D eigenvalue weighted by atomic mass is 9.47. The standard InChI is InChI=1S/C19H27FO2/c1-18-7-5-11(21)9-15(18)16(20)10-12-13-3-4-17(22)19(13,2)8-6-14(12)18/h9,12-14,16-17,22H,3-8,10H2,1-2H3/t12-,13-,14+,16?,17?,18+,19-/m0/s1. The molecule has 4 aliphatic rings. The average molecular weight is 306 g/mol. The van der Waals surface area contributed by atoms with E-state index in [1.165, 1.54) is 0 Å². The molecule has 4 rings (SSSR count). The van der Waals surface area contributed by atoms with Gasteiger partial charge in [-0.2, -0.15) is 0 Å². The van der Waals surface area contributed by atoms with Crippen molar-refractivity contribution in [2.24, 2.45) is 28.6 Å². The summed E-state index contributed by atoms with van der Waals surface area (Å²) in [5.41, 5.74) is 0.640. The number of hydrogen-bond donors (Lipinski definition) is 1. The van der Waals surface area contributed by atoms with Gasteiger partial charge in [0.15, 0.2) is 5.78 Å². The van der Waals surface area contributed by atoms with Gasteiger partial charge >= 0.3 is 0 Å². The highest BCUT2D eigenvalue weighted by molar-refractivity contribution is 5.91. The first kappa shape index (κ1) is 14.9. The van der Waals surface area contributed by atoms with Gasteiger partial charge in [0, 0.05) is 6.42 Å². The van der Waals surface area contributed by atoms with Gasteiger partial charge in [0.05, 0.1) is 6.10 Å². The summed E-state index contributed by atoms with van der Waals surface area (Å²) in [4.78, 5) is 11.8. The van der Waals surface area contributed by atoms with Crippen LogP contribution in [0.15, 0.2) is 11.6 Å². The summed E-state index contributed by atoms with van der Waals surface area (Å²) < 4.78 is 14.9. The Kier molecular flexibility index (Phi) is 3.15. The van der Waals surface area contributed by atoms with Crippen LogP contribution in [0, 0.1) is 28.6 Å². The Hall–Kier alpha value is -0.700. The third-order valence-corrected chi connectivity index (χ3v) is 7.89. The van der Waals surface area contributed by atoms with Crippen LogP contribution in [0.4, 0.5) is 4.39 Å². The molecule has 1 N–H and O–H groups in total. The molecule has 0 spiro atoms. The number of ketones is 1. The summed E-state index contributed by atoms with van der Waals surface area (Å²) in [6.07, 6.45) is 6.43. The number of aliphatic hydroxyl groups is 1. The molecule has 0 aromatic carbocycles. The monoisotopic (exact) mass is 306 g/mol. The number of carbonyl (C=O) groups is 1. The van der Waals surface area contributed by atoms with E-state index >= 15 is 0 Å². The highest BCUT2D eigenvalue weighted by Gasteiger charge is 2.60. The van der Waals surface area contributed by atoms with Gasteiger partial charge in [-0.05, 0) is 78.8 Å². The smallest absolute Gasteiger partial charge is 0.155 e. The van der Waals surface area contributed by atoms with Crippen LogP contribution in [0.1, 0.15) is 58.8 Å². The molecule has 122 valence electrons. The molecule has 7 atom stereocenters. The first-order chi connectivity index (χ1) is 10.4. The van der Waals surface area contributed by atoms with Gasteiger partial charge in [0.2, 0.25) is 0 Å². The first-order valence-corrected chi connectivity index (χ1v) is 8.93. The van der Waals surface area contributed by atoms with Gasteiger partial charge in [-0.3, -0.25) is 4.79 Å². The molecular formula is C19H27FO2. The van der Waals surface area contributed by atoms with Crippen molar-refractivity contribution in [1.29, 1.82) is 0 Å².